The first kappa shape index (κ1) is 30.7. The van der Waals surface area contributed by atoms with E-state index in [0.29, 0.717) is 0 Å². The molecule has 212 valence electrons. The lowest BCUT2D eigenvalue weighted by atomic mass is 10.1. The zero-order valence-corrected chi connectivity index (χ0v) is 27.7. The summed E-state index contributed by atoms with van der Waals surface area (Å²) < 4.78 is 37.8. The lowest BCUT2D eigenvalue weighted by Crippen LogP contribution is -2.42. The number of nitrogens with zero attached hydrogens (tertiary/aromatic N) is 2. The molecule has 0 fully saturated rings. The maximum Gasteiger partial charge on any atom is 0.500 e. The monoisotopic (exact) mass is 624 g/mol. The number of aromatic nitrogens is 2. The van der Waals surface area contributed by atoms with E-state index in [4.69, 9.17) is 36.5 Å². The molecule has 2 aromatic carbocycles. The van der Waals surface area contributed by atoms with Gasteiger partial charge in [-0.25, -0.2) is 9.97 Å². The normalized spacial score (nSPS) is 12.7. The Morgan fingerprint density at radius 3 is 1.36 bits per heavy atom. The summed E-state index contributed by atoms with van der Waals surface area (Å²) in [6.07, 6.45) is 3.59. The fourth-order valence-corrected chi connectivity index (χ4v) is 11.5. The molecule has 0 spiro atoms. The van der Waals surface area contributed by atoms with Crippen LogP contribution in [0, 0.1) is 0 Å². The summed E-state index contributed by atoms with van der Waals surface area (Å²) in [7, 11) is 4.80. The molecule has 2 aromatic heterocycles. The third-order valence-electron chi connectivity index (χ3n) is 6.86. The largest absolute Gasteiger partial charge is 0.500 e. The molecule has 39 heavy (non-hydrogen) atoms. The van der Waals surface area contributed by atoms with E-state index in [9.17, 15) is 0 Å². The summed E-state index contributed by atoms with van der Waals surface area (Å²) in [5.74, 6) is 0. The summed E-state index contributed by atoms with van der Waals surface area (Å²) >= 11 is 5.07. The van der Waals surface area contributed by atoms with Gasteiger partial charge < -0.3 is 26.6 Å². The highest BCUT2D eigenvalue weighted by Gasteiger charge is 2.37. The van der Waals surface area contributed by atoms with Gasteiger partial charge in [-0.1, -0.05) is 24.3 Å². The molecule has 0 aliphatic rings. The number of thiazole rings is 2. The third kappa shape index (κ3) is 7.16. The Balaban J connectivity index is 1.46. The zero-order chi connectivity index (χ0) is 27.9. The first-order valence-electron chi connectivity index (χ1n) is 12.7. The van der Waals surface area contributed by atoms with Gasteiger partial charge >= 0.3 is 17.6 Å². The van der Waals surface area contributed by atoms with Crippen LogP contribution in [0.25, 0.3) is 20.4 Å². The van der Waals surface area contributed by atoms with Gasteiger partial charge in [0.15, 0.2) is 8.68 Å². The average Bonchev–Trinajstić information content (AvgIpc) is 3.58. The van der Waals surface area contributed by atoms with Gasteiger partial charge in [-0.3, -0.25) is 0 Å². The van der Waals surface area contributed by atoms with Crippen LogP contribution in [0.5, 0.6) is 0 Å². The van der Waals surface area contributed by atoms with Crippen LogP contribution in [0.3, 0.4) is 0 Å². The van der Waals surface area contributed by atoms with Crippen LogP contribution in [0.15, 0.2) is 45.1 Å². The number of rotatable bonds is 16. The van der Waals surface area contributed by atoms with Crippen LogP contribution in [0.4, 0.5) is 0 Å². The van der Waals surface area contributed by atoms with Crippen molar-refractivity contribution in [2.45, 2.75) is 46.5 Å². The van der Waals surface area contributed by atoms with Gasteiger partial charge in [0.1, 0.15) is 0 Å². The Morgan fingerprint density at radius 1 is 0.615 bits per heavy atom. The Bertz CT molecular complexity index is 1240. The van der Waals surface area contributed by atoms with Crippen molar-refractivity contribution in [2.24, 2.45) is 0 Å². The molecule has 0 unspecified atom stereocenters. The molecule has 4 aromatic rings. The fourth-order valence-electron chi connectivity index (χ4n) is 4.64. The first-order valence-corrected chi connectivity index (χ1v) is 19.0. The minimum atomic E-state index is -2.58. The second-order valence-electron chi connectivity index (χ2n) is 8.89. The number of aryl methyl sites for hydroxylation is 2. The smallest absolute Gasteiger partial charge is 0.377 e. The minimum Gasteiger partial charge on any atom is -0.377 e. The number of hydrogen-bond acceptors (Lipinski definition) is 11. The predicted molar refractivity (Wildman–Crippen MR) is 163 cm³/mol. The number of fused-ring (bicyclic) bond motifs is 2. The van der Waals surface area contributed by atoms with Gasteiger partial charge in [0.25, 0.3) is 0 Å². The van der Waals surface area contributed by atoms with Gasteiger partial charge in [-0.2, -0.15) is 0 Å². The van der Waals surface area contributed by atoms with E-state index >= 15 is 0 Å². The highest BCUT2D eigenvalue weighted by molar-refractivity contribution is 8.02. The van der Waals surface area contributed by atoms with E-state index in [1.54, 1.807) is 77.1 Å². The van der Waals surface area contributed by atoms with Gasteiger partial charge in [-0.15, -0.1) is 22.7 Å². The minimum absolute atomic E-state index is 0.762. The Hall–Kier alpha value is -1.24. The molecule has 13 heteroatoms. The number of hydrogen-bond donors (Lipinski definition) is 0. The third-order valence-corrected chi connectivity index (χ3v) is 15.7. The summed E-state index contributed by atoms with van der Waals surface area (Å²) in [4.78, 5) is 10.0. The highest BCUT2D eigenvalue weighted by Crippen LogP contribution is 2.40. The lowest BCUT2D eigenvalue weighted by Gasteiger charge is -2.24. The van der Waals surface area contributed by atoms with Crippen molar-refractivity contribution >= 4 is 72.5 Å². The average molecular weight is 625 g/mol. The summed E-state index contributed by atoms with van der Waals surface area (Å²) in [5, 5.41) is 0. The van der Waals surface area contributed by atoms with E-state index in [2.05, 4.69) is 36.4 Å². The molecular weight excluding hydrogens is 589 g/mol. The van der Waals surface area contributed by atoms with Crippen molar-refractivity contribution in [2.75, 3.05) is 42.7 Å². The van der Waals surface area contributed by atoms with E-state index in [-0.39, 0.29) is 0 Å². The van der Waals surface area contributed by atoms with Crippen molar-refractivity contribution in [3.05, 3.63) is 47.5 Å². The molecule has 0 amide bonds. The standard InChI is InChI=1S/C26H36N2O6S3Si2/c1-29-38(30-2,31-3)17-9-13-19-11-7-15-21-23(19)27-25(35-21)37-26-28-24-20(12-8-16-22(24)36-26)14-10-18-39(32-4,33-5)34-6/h7-8,11-12,15-16H,9-10,13-14,17-18H2,1-6H3. The van der Waals surface area contributed by atoms with Crippen LogP contribution in [0.1, 0.15) is 24.0 Å². The Morgan fingerprint density at radius 2 is 1.00 bits per heavy atom. The van der Waals surface area contributed by atoms with Crippen molar-refractivity contribution in [3.8, 4) is 0 Å². The molecule has 0 N–H and O–H groups in total. The molecule has 0 bridgehead atoms. The van der Waals surface area contributed by atoms with Crippen molar-refractivity contribution in [3.63, 3.8) is 0 Å². The molecule has 0 aliphatic carbocycles. The van der Waals surface area contributed by atoms with E-state index in [1.165, 1.54) is 20.5 Å². The molecule has 2 heterocycles. The van der Waals surface area contributed by atoms with Gasteiger partial charge in [0, 0.05) is 54.7 Å². The fraction of sp³-hybridized carbons (Fsp3) is 0.462. The maximum atomic E-state index is 5.57. The van der Waals surface area contributed by atoms with Crippen LogP contribution in [-0.2, 0) is 39.4 Å². The van der Waals surface area contributed by atoms with Gasteiger partial charge in [0.05, 0.1) is 20.4 Å². The van der Waals surface area contributed by atoms with Gasteiger partial charge in [0.2, 0.25) is 0 Å². The molecule has 0 radical (unpaired) electrons. The summed E-state index contributed by atoms with van der Waals surface area (Å²) in [5.41, 5.74) is 4.59. The SMILES string of the molecule is CO[Si](CCCc1cccc2sc(Sc3nc4c(CCC[Si](OC)(OC)OC)cccc4s3)nc12)(OC)OC. The van der Waals surface area contributed by atoms with E-state index in [1.807, 2.05) is 0 Å². The first-order chi connectivity index (χ1) is 18.9. The van der Waals surface area contributed by atoms with E-state index < -0.39 is 17.6 Å². The maximum absolute atomic E-state index is 5.57. The Labute approximate surface area is 244 Å². The van der Waals surface area contributed by atoms with Crippen LogP contribution in [-0.4, -0.2) is 70.2 Å². The van der Waals surface area contributed by atoms with Crippen LogP contribution < -0.4 is 0 Å². The molecule has 0 saturated heterocycles. The zero-order valence-electron chi connectivity index (χ0n) is 23.3. The highest BCUT2D eigenvalue weighted by atomic mass is 32.2. The number of para-hydroxylation sites is 2. The Kier molecular flexibility index (Phi) is 11.1. The van der Waals surface area contributed by atoms with Crippen LogP contribution in [0.2, 0.25) is 12.1 Å². The molecule has 8 nitrogen and oxygen atoms in total. The predicted octanol–water partition coefficient (Wildman–Crippen LogP) is 6.68. The molecule has 0 saturated carbocycles. The molecule has 4 rings (SSSR count). The van der Waals surface area contributed by atoms with Gasteiger partial charge in [-0.05, 0) is 60.7 Å². The lowest BCUT2D eigenvalue weighted by molar-refractivity contribution is 0.122. The molecular formula is C26H36N2O6S3Si2. The molecule has 0 atom stereocenters. The van der Waals surface area contributed by atoms with Crippen LogP contribution >= 0.6 is 34.4 Å². The molecule has 0 aliphatic heterocycles. The van der Waals surface area contributed by atoms with Crippen molar-refractivity contribution in [1.29, 1.82) is 0 Å². The van der Waals surface area contributed by atoms with Crippen molar-refractivity contribution < 1.29 is 26.6 Å². The van der Waals surface area contributed by atoms with E-state index in [0.717, 1.165) is 57.5 Å². The van der Waals surface area contributed by atoms with Crippen molar-refractivity contribution in [1.82, 2.24) is 9.97 Å². The summed E-state index contributed by atoms with van der Waals surface area (Å²) in [6, 6.07) is 14.3. The number of benzene rings is 2. The second kappa shape index (κ2) is 14.1. The quantitative estimate of drug-likeness (QED) is 0.127. The topological polar surface area (TPSA) is 81.2 Å². The second-order valence-corrected chi connectivity index (χ2v) is 18.6. The summed E-state index contributed by atoms with van der Waals surface area (Å²) in [6.45, 7) is 0.